The standard InChI is InChI=1S/C8H13N3/c9-5-8(2-1-3-8)7-4-10-6-11-7/h4,6H,1-3,5,9H2,(H,10,11). The van der Waals surface area contributed by atoms with Crippen molar-refractivity contribution >= 4 is 0 Å². The highest BCUT2D eigenvalue weighted by molar-refractivity contribution is 5.18. The minimum atomic E-state index is 0.247. The maximum Gasteiger partial charge on any atom is 0.0921 e. The average molecular weight is 151 g/mol. The predicted octanol–water partition coefficient (Wildman–Crippen LogP) is 0.790. The first-order valence-corrected chi connectivity index (χ1v) is 4.06. The van der Waals surface area contributed by atoms with Gasteiger partial charge in [0.25, 0.3) is 0 Å². The van der Waals surface area contributed by atoms with E-state index in [1.54, 1.807) is 6.33 Å². The van der Waals surface area contributed by atoms with Crippen molar-refractivity contribution in [2.75, 3.05) is 6.54 Å². The van der Waals surface area contributed by atoms with Crippen molar-refractivity contribution in [3.8, 4) is 0 Å². The summed E-state index contributed by atoms with van der Waals surface area (Å²) in [6, 6.07) is 0. The number of imidazole rings is 1. The van der Waals surface area contributed by atoms with E-state index < -0.39 is 0 Å². The zero-order chi connectivity index (χ0) is 7.73. The van der Waals surface area contributed by atoms with Crippen molar-refractivity contribution in [3.05, 3.63) is 18.2 Å². The van der Waals surface area contributed by atoms with Gasteiger partial charge in [0.1, 0.15) is 0 Å². The van der Waals surface area contributed by atoms with Crippen LogP contribution in [0.2, 0.25) is 0 Å². The van der Waals surface area contributed by atoms with E-state index in [-0.39, 0.29) is 5.41 Å². The molecule has 1 heterocycles. The van der Waals surface area contributed by atoms with Crippen LogP contribution < -0.4 is 5.73 Å². The second-order valence-corrected chi connectivity index (χ2v) is 3.30. The summed E-state index contributed by atoms with van der Waals surface area (Å²) in [5, 5.41) is 0. The molecule has 1 aromatic rings. The summed E-state index contributed by atoms with van der Waals surface area (Å²) >= 11 is 0. The summed E-state index contributed by atoms with van der Waals surface area (Å²) in [5.74, 6) is 0. The van der Waals surface area contributed by atoms with Crippen molar-refractivity contribution in [3.63, 3.8) is 0 Å². The van der Waals surface area contributed by atoms with Crippen LogP contribution in [0.3, 0.4) is 0 Å². The molecule has 1 aliphatic carbocycles. The number of H-pyrrole nitrogens is 1. The molecule has 0 spiro atoms. The van der Waals surface area contributed by atoms with Gasteiger partial charge in [-0.05, 0) is 12.8 Å². The van der Waals surface area contributed by atoms with Gasteiger partial charge >= 0.3 is 0 Å². The molecule has 1 fully saturated rings. The molecule has 0 saturated heterocycles. The number of aromatic nitrogens is 2. The Kier molecular flexibility index (Phi) is 1.46. The lowest BCUT2D eigenvalue weighted by atomic mass is 9.67. The molecule has 3 N–H and O–H groups in total. The van der Waals surface area contributed by atoms with Gasteiger partial charge in [0.2, 0.25) is 0 Å². The molecule has 0 aromatic carbocycles. The van der Waals surface area contributed by atoms with Crippen LogP contribution in [0, 0.1) is 0 Å². The number of rotatable bonds is 2. The van der Waals surface area contributed by atoms with Gasteiger partial charge in [0.05, 0.1) is 6.33 Å². The average Bonchev–Trinajstić information content (AvgIpc) is 2.39. The Balaban J connectivity index is 2.25. The molecule has 0 atom stereocenters. The van der Waals surface area contributed by atoms with E-state index >= 15 is 0 Å². The fourth-order valence-electron chi connectivity index (χ4n) is 1.73. The van der Waals surface area contributed by atoms with E-state index in [9.17, 15) is 0 Å². The van der Waals surface area contributed by atoms with E-state index in [0.29, 0.717) is 0 Å². The molecule has 1 aromatic heterocycles. The highest BCUT2D eigenvalue weighted by atomic mass is 14.9. The summed E-state index contributed by atoms with van der Waals surface area (Å²) < 4.78 is 0. The number of hydrogen-bond acceptors (Lipinski definition) is 2. The van der Waals surface area contributed by atoms with Crippen LogP contribution in [0.25, 0.3) is 0 Å². The number of hydrogen-bond donors (Lipinski definition) is 2. The van der Waals surface area contributed by atoms with Gasteiger partial charge in [-0.15, -0.1) is 0 Å². The lowest BCUT2D eigenvalue weighted by Crippen LogP contribution is -2.41. The van der Waals surface area contributed by atoms with Crippen molar-refractivity contribution in [2.24, 2.45) is 5.73 Å². The smallest absolute Gasteiger partial charge is 0.0921 e. The molecule has 2 rings (SSSR count). The van der Waals surface area contributed by atoms with Crippen LogP contribution in [0.15, 0.2) is 12.5 Å². The van der Waals surface area contributed by atoms with Crippen molar-refractivity contribution in [2.45, 2.75) is 24.7 Å². The first-order valence-electron chi connectivity index (χ1n) is 4.06. The lowest BCUT2D eigenvalue weighted by Gasteiger charge is -2.39. The first-order chi connectivity index (χ1) is 5.37. The SMILES string of the molecule is NCC1(c2cnc[nH]2)CCC1. The number of nitrogens with one attached hydrogen (secondary N) is 1. The second-order valence-electron chi connectivity index (χ2n) is 3.30. The van der Waals surface area contributed by atoms with Crippen LogP contribution in [-0.2, 0) is 5.41 Å². The van der Waals surface area contributed by atoms with Gasteiger partial charge in [-0.2, -0.15) is 0 Å². The zero-order valence-corrected chi connectivity index (χ0v) is 6.51. The Morgan fingerprint density at radius 1 is 1.64 bits per heavy atom. The fourth-order valence-corrected chi connectivity index (χ4v) is 1.73. The summed E-state index contributed by atoms with van der Waals surface area (Å²) in [6.45, 7) is 0.745. The highest BCUT2D eigenvalue weighted by Gasteiger charge is 2.38. The van der Waals surface area contributed by atoms with E-state index in [0.717, 1.165) is 6.54 Å². The van der Waals surface area contributed by atoms with E-state index in [2.05, 4.69) is 9.97 Å². The Morgan fingerprint density at radius 2 is 2.45 bits per heavy atom. The van der Waals surface area contributed by atoms with Gasteiger partial charge in [-0.1, -0.05) is 6.42 Å². The molecule has 0 amide bonds. The van der Waals surface area contributed by atoms with E-state index in [1.807, 2.05) is 6.20 Å². The number of nitrogens with zero attached hydrogens (tertiary/aromatic N) is 1. The third-order valence-corrected chi connectivity index (χ3v) is 2.77. The Hall–Kier alpha value is -0.830. The fraction of sp³-hybridized carbons (Fsp3) is 0.625. The van der Waals surface area contributed by atoms with Gasteiger partial charge in [0.15, 0.2) is 0 Å². The van der Waals surface area contributed by atoms with Crippen LogP contribution in [0.5, 0.6) is 0 Å². The van der Waals surface area contributed by atoms with Crippen molar-refractivity contribution in [1.29, 1.82) is 0 Å². The highest BCUT2D eigenvalue weighted by Crippen LogP contribution is 2.41. The van der Waals surface area contributed by atoms with Crippen molar-refractivity contribution < 1.29 is 0 Å². The van der Waals surface area contributed by atoms with Crippen LogP contribution >= 0.6 is 0 Å². The first kappa shape index (κ1) is 6.85. The predicted molar refractivity (Wildman–Crippen MR) is 43.2 cm³/mol. The maximum atomic E-state index is 5.71. The molecule has 0 unspecified atom stereocenters. The normalized spacial score (nSPS) is 21.2. The minimum Gasteiger partial charge on any atom is -0.348 e. The molecule has 60 valence electrons. The summed E-state index contributed by atoms with van der Waals surface area (Å²) in [4.78, 5) is 7.15. The molecule has 0 aliphatic heterocycles. The van der Waals surface area contributed by atoms with E-state index in [1.165, 1.54) is 25.0 Å². The number of nitrogens with two attached hydrogens (primary N) is 1. The monoisotopic (exact) mass is 151 g/mol. The third kappa shape index (κ3) is 0.878. The molecule has 1 aliphatic rings. The van der Waals surface area contributed by atoms with Gasteiger partial charge in [0, 0.05) is 23.9 Å². The molecule has 3 nitrogen and oxygen atoms in total. The molecule has 11 heavy (non-hydrogen) atoms. The van der Waals surface area contributed by atoms with Crippen LogP contribution in [-0.4, -0.2) is 16.5 Å². The molecular formula is C8H13N3. The summed E-state index contributed by atoms with van der Waals surface area (Å²) in [7, 11) is 0. The molecular weight excluding hydrogens is 138 g/mol. The Bertz CT molecular complexity index is 218. The molecule has 0 bridgehead atoms. The second kappa shape index (κ2) is 2.34. The lowest BCUT2D eigenvalue weighted by molar-refractivity contribution is 0.246. The van der Waals surface area contributed by atoms with Gasteiger partial charge in [-0.25, -0.2) is 4.98 Å². The maximum absolute atomic E-state index is 5.71. The summed E-state index contributed by atoms with van der Waals surface area (Å²) in [6.07, 6.45) is 7.35. The minimum absolute atomic E-state index is 0.247. The van der Waals surface area contributed by atoms with Crippen LogP contribution in [0.4, 0.5) is 0 Å². The third-order valence-electron chi connectivity index (χ3n) is 2.77. The quantitative estimate of drug-likeness (QED) is 0.656. The van der Waals surface area contributed by atoms with Crippen molar-refractivity contribution in [1.82, 2.24) is 9.97 Å². The summed E-state index contributed by atoms with van der Waals surface area (Å²) in [5.41, 5.74) is 7.17. The Morgan fingerprint density at radius 3 is 2.82 bits per heavy atom. The zero-order valence-electron chi connectivity index (χ0n) is 6.51. The molecule has 0 radical (unpaired) electrons. The van der Waals surface area contributed by atoms with Crippen LogP contribution in [0.1, 0.15) is 25.0 Å². The topological polar surface area (TPSA) is 54.7 Å². The van der Waals surface area contributed by atoms with Gasteiger partial charge in [-0.3, -0.25) is 0 Å². The number of aromatic amines is 1. The van der Waals surface area contributed by atoms with E-state index in [4.69, 9.17) is 5.73 Å². The Labute approximate surface area is 66.0 Å². The molecule has 3 heteroatoms. The van der Waals surface area contributed by atoms with Gasteiger partial charge < -0.3 is 10.7 Å². The largest absolute Gasteiger partial charge is 0.348 e. The molecule has 1 saturated carbocycles.